The first-order valence-electron chi connectivity index (χ1n) is 6.30. The van der Waals surface area contributed by atoms with Crippen LogP contribution < -0.4 is 11.1 Å². The number of nitrogens with one attached hydrogen (secondary N) is 1. The lowest BCUT2D eigenvalue weighted by Crippen LogP contribution is -2.15. The molecule has 2 aromatic rings. The van der Waals surface area contributed by atoms with Gasteiger partial charge in [0.2, 0.25) is 11.8 Å². The zero-order chi connectivity index (χ0) is 15.2. The first-order valence-corrected chi connectivity index (χ1v) is 7.29. The summed E-state index contributed by atoms with van der Waals surface area (Å²) in [4.78, 5) is 22.8. The summed E-state index contributed by atoms with van der Waals surface area (Å²) in [6, 6.07) is 6.41. The minimum Gasteiger partial charge on any atom is -0.366 e. The number of benzene rings is 1. The molecule has 0 aliphatic rings. The van der Waals surface area contributed by atoms with E-state index in [1.54, 1.807) is 30.6 Å². The van der Waals surface area contributed by atoms with Gasteiger partial charge in [-0.1, -0.05) is 11.8 Å². The summed E-state index contributed by atoms with van der Waals surface area (Å²) in [6.07, 6.45) is 1.63. The number of nitrogens with zero attached hydrogens (tertiary/aromatic N) is 3. The van der Waals surface area contributed by atoms with Crippen molar-refractivity contribution in [1.82, 2.24) is 14.8 Å². The molecule has 2 rings (SSSR count). The molecule has 0 aliphatic carbocycles. The maximum absolute atomic E-state index is 11.8. The summed E-state index contributed by atoms with van der Waals surface area (Å²) < 4.78 is 1.86. The van der Waals surface area contributed by atoms with Gasteiger partial charge in [-0.3, -0.25) is 9.59 Å². The van der Waals surface area contributed by atoms with Crippen molar-refractivity contribution in [2.75, 3.05) is 11.1 Å². The molecule has 1 aromatic heterocycles. The van der Waals surface area contributed by atoms with E-state index in [1.165, 1.54) is 11.8 Å². The molecular weight excluding hydrogens is 290 g/mol. The summed E-state index contributed by atoms with van der Waals surface area (Å²) >= 11 is 1.32. The SMILES string of the molecule is CCn1cnnc1SCC(=O)Nc1ccc(C(N)=O)cc1. The van der Waals surface area contributed by atoms with Gasteiger partial charge in [0.1, 0.15) is 6.33 Å². The van der Waals surface area contributed by atoms with E-state index in [1.807, 2.05) is 11.5 Å². The van der Waals surface area contributed by atoms with Crippen molar-refractivity contribution in [2.45, 2.75) is 18.6 Å². The summed E-state index contributed by atoms with van der Waals surface area (Å²) in [5.41, 5.74) is 6.16. The Morgan fingerprint density at radius 3 is 2.67 bits per heavy atom. The lowest BCUT2D eigenvalue weighted by Gasteiger charge is -2.06. The summed E-state index contributed by atoms with van der Waals surface area (Å²) in [6.45, 7) is 2.74. The average molecular weight is 305 g/mol. The van der Waals surface area contributed by atoms with Gasteiger partial charge in [-0.15, -0.1) is 10.2 Å². The van der Waals surface area contributed by atoms with Gasteiger partial charge in [0.15, 0.2) is 5.16 Å². The van der Waals surface area contributed by atoms with Crippen molar-refractivity contribution >= 4 is 29.3 Å². The molecule has 0 spiro atoms. The molecule has 21 heavy (non-hydrogen) atoms. The maximum atomic E-state index is 11.8. The predicted molar refractivity (Wildman–Crippen MR) is 80.0 cm³/mol. The molecule has 7 nitrogen and oxygen atoms in total. The van der Waals surface area contributed by atoms with E-state index in [0.29, 0.717) is 16.4 Å². The van der Waals surface area contributed by atoms with Crippen molar-refractivity contribution in [3.63, 3.8) is 0 Å². The fraction of sp³-hybridized carbons (Fsp3) is 0.231. The van der Waals surface area contributed by atoms with Crippen LogP contribution >= 0.6 is 11.8 Å². The minimum absolute atomic E-state index is 0.155. The normalized spacial score (nSPS) is 10.3. The van der Waals surface area contributed by atoms with E-state index in [9.17, 15) is 9.59 Å². The fourth-order valence-electron chi connectivity index (χ4n) is 1.62. The third-order valence-electron chi connectivity index (χ3n) is 2.71. The average Bonchev–Trinajstić information content (AvgIpc) is 2.93. The number of anilines is 1. The molecular formula is C13H15N5O2S. The van der Waals surface area contributed by atoms with E-state index in [0.717, 1.165) is 6.54 Å². The van der Waals surface area contributed by atoms with Crippen LogP contribution in [0.5, 0.6) is 0 Å². The van der Waals surface area contributed by atoms with Crippen molar-refractivity contribution in [1.29, 1.82) is 0 Å². The van der Waals surface area contributed by atoms with Gasteiger partial charge in [0, 0.05) is 17.8 Å². The number of aryl methyl sites for hydroxylation is 1. The van der Waals surface area contributed by atoms with Crippen LogP contribution in [0.15, 0.2) is 35.7 Å². The smallest absolute Gasteiger partial charge is 0.248 e. The van der Waals surface area contributed by atoms with Crippen LogP contribution in [0.3, 0.4) is 0 Å². The van der Waals surface area contributed by atoms with Gasteiger partial charge < -0.3 is 15.6 Å². The zero-order valence-electron chi connectivity index (χ0n) is 11.4. The molecule has 1 heterocycles. The van der Waals surface area contributed by atoms with Crippen molar-refractivity contribution in [3.05, 3.63) is 36.2 Å². The Kier molecular flexibility index (Phi) is 4.94. The van der Waals surface area contributed by atoms with Crippen LogP contribution in [0.2, 0.25) is 0 Å². The third kappa shape index (κ3) is 4.06. The second-order valence-corrected chi connectivity index (χ2v) is 5.12. The molecule has 2 amide bonds. The van der Waals surface area contributed by atoms with Gasteiger partial charge in [-0.2, -0.15) is 0 Å². The van der Waals surface area contributed by atoms with Crippen LogP contribution in [0, 0.1) is 0 Å². The second kappa shape index (κ2) is 6.89. The zero-order valence-corrected chi connectivity index (χ0v) is 12.3. The van der Waals surface area contributed by atoms with Gasteiger partial charge in [-0.25, -0.2) is 0 Å². The molecule has 110 valence electrons. The van der Waals surface area contributed by atoms with E-state index < -0.39 is 5.91 Å². The summed E-state index contributed by atoms with van der Waals surface area (Å²) in [5.74, 6) is -0.421. The Labute approximate surface area is 125 Å². The van der Waals surface area contributed by atoms with E-state index >= 15 is 0 Å². The van der Waals surface area contributed by atoms with E-state index in [2.05, 4.69) is 15.5 Å². The third-order valence-corrected chi connectivity index (χ3v) is 3.69. The number of rotatable bonds is 6. The van der Waals surface area contributed by atoms with Gasteiger partial charge >= 0.3 is 0 Å². The topological polar surface area (TPSA) is 103 Å². The molecule has 0 atom stereocenters. The number of aromatic nitrogens is 3. The Balaban J connectivity index is 1.88. The molecule has 0 aliphatic heterocycles. The highest BCUT2D eigenvalue weighted by Gasteiger charge is 2.08. The Bertz CT molecular complexity index is 638. The number of primary amides is 1. The van der Waals surface area contributed by atoms with Crippen molar-refractivity contribution in [3.8, 4) is 0 Å². The number of thioether (sulfide) groups is 1. The molecule has 3 N–H and O–H groups in total. The fourth-order valence-corrected chi connectivity index (χ4v) is 2.40. The first-order chi connectivity index (χ1) is 10.1. The quantitative estimate of drug-likeness (QED) is 0.779. The number of carbonyl (C=O) groups is 2. The van der Waals surface area contributed by atoms with Crippen molar-refractivity contribution < 1.29 is 9.59 Å². The molecule has 1 aromatic carbocycles. The summed E-state index contributed by atoms with van der Waals surface area (Å²) in [5, 5.41) is 11.2. The number of hydrogen-bond donors (Lipinski definition) is 2. The van der Waals surface area contributed by atoms with Crippen LogP contribution in [0.25, 0.3) is 0 Å². The maximum Gasteiger partial charge on any atom is 0.248 e. The lowest BCUT2D eigenvalue weighted by molar-refractivity contribution is -0.113. The predicted octanol–water partition coefficient (Wildman–Crippen LogP) is 1.13. The number of hydrogen-bond acceptors (Lipinski definition) is 5. The molecule has 0 fully saturated rings. The van der Waals surface area contributed by atoms with Crippen LogP contribution in [-0.2, 0) is 11.3 Å². The summed E-state index contributed by atoms with van der Waals surface area (Å²) in [7, 11) is 0. The molecule has 0 saturated carbocycles. The Morgan fingerprint density at radius 1 is 1.33 bits per heavy atom. The second-order valence-electron chi connectivity index (χ2n) is 4.18. The van der Waals surface area contributed by atoms with Crippen molar-refractivity contribution in [2.24, 2.45) is 5.73 Å². The Hall–Kier alpha value is -2.35. The number of carbonyl (C=O) groups excluding carboxylic acids is 2. The number of amides is 2. The molecule has 0 unspecified atom stereocenters. The monoisotopic (exact) mass is 305 g/mol. The van der Waals surface area contributed by atoms with Crippen LogP contribution in [0.4, 0.5) is 5.69 Å². The van der Waals surface area contributed by atoms with Gasteiger partial charge in [0.25, 0.3) is 0 Å². The first kappa shape index (κ1) is 15.0. The Morgan fingerprint density at radius 2 is 2.05 bits per heavy atom. The highest BCUT2D eigenvalue weighted by atomic mass is 32.2. The highest BCUT2D eigenvalue weighted by Crippen LogP contribution is 2.15. The number of nitrogens with two attached hydrogens (primary N) is 1. The minimum atomic E-state index is -0.498. The molecule has 8 heteroatoms. The van der Waals surface area contributed by atoms with Crippen LogP contribution in [0.1, 0.15) is 17.3 Å². The van der Waals surface area contributed by atoms with Gasteiger partial charge in [-0.05, 0) is 31.2 Å². The standard InChI is InChI=1S/C13H15N5O2S/c1-2-18-8-15-17-13(18)21-7-11(19)16-10-5-3-9(4-6-10)12(14)20/h3-6,8H,2,7H2,1H3,(H2,14,20)(H,16,19). The highest BCUT2D eigenvalue weighted by molar-refractivity contribution is 7.99. The van der Waals surface area contributed by atoms with Gasteiger partial charge in [0.05, 0.1) is 5.75 Å². The molecule has 0 radical (unpaired) electrons. The van der Waals surface area contributed by atoms with E-state index in [-0.39, 0.29) is 11.7 Å². The molecule has 0 bridgehead atoms. The van der Waals surface area contributed by atoms with Crippen LogP contribution in [-0.4, -0.2) is 32.3 Å². The largest absolute Gasteiger partial charge is 0.366 e. The lowest BCUT2D eigenvalue weighted by atomic mass is 10.2. The molecule has 0 saturated heterocycles. The van der Waals surface area contributed by atoms with E-state index in [4.69, 9.17) is 5.73 Å².